The molecule has 4 heteroatoms. The van der Waals surface area contributed by atoms with Crippen LogP contribution in [0.1, 0.15) is 43.7 Å². The van der Waals surface area contributed by atoms with Crippen LogP contribution >= 0.6 is 15.9 Å². The molecule has 2 N–H and O–H groups in total. The van der Waals surface area contributed by atoms with E-state index in [1.165, 1.54) is 37.8 Å². The van der Waals surface area contributed by atoms with Crippen LogP contribution in [0.5, 0.6) is 0 Å². The second-order valence-corrected chi connectivity index (χ2v) is 6.09. The molecule has 1 aliphatic carbocycles. The third-order valence-electron chi connectivity index (χ3n) is 3.76. The largest absolute Gasteiger partial charge is 0.339 e. The van der Waals surface area contributed by atoms with Crippen molar-refractivity contribution < 1.29 is 0 Å². The van der Waals surface area contributed by atoms with E-state index >= 15 is 0 Å². The molecule has 1 aliphatic rings. The maximum atomic E-state index is 4.36. The van der Waals surface area contributed by atoms with E-state index in [1.807, 2.05) is 24.3 Å². The van der Waals surface area contributed by atoms with Gasteiger partial charge in [-0.05, 0) is 37.1 Å². The molecule has 0 amide bonds. The molecule has 0 saturated heterocycles. The number of hydrogen-bond donors (Lipinski definition) is 2. The average molecular weight is 320 g/mol. The van der Waals surface area contributed by atoms with Crippen LogP contribution in [0.4, 0.5) is 11.5 Å². The van der Waals surface area contributed by atoms with Crippen LogP contribution in [0.3, 0.4) is 0 Å². The molecule has 1 aromatic carbocycles. The summed E-state index contributed by atoms with van der Waals surface area (Å²) >= 11 is 3.44. The van der Waals surface area contributed by atoms with Crippen LogP contribution in [0, 0.1) is 0 Å². The Kier molecular flexibility index (Phi) is 3.87. The topological polar surface area (TPSA) is 40.7 Å². The van der Waals surface area contributed by atoms with E-state index in [-0.39, 0.29) is 0 Å². The van der Waals surface area contributed by atoms with E-state index < -0.39 is 0 Å². The molecular formula is C15H18BrN3. The molecule has 3 rings (SSSR count). The van der Waals surface area contributed by atoms with E-state index in [1.54, 1.807) is 0 Å². The van der Waals surface area contributed by atoms with Gasteiger partial charge in [-0.1, -0.05) is 35.2 Å². The Labute approximate surface area is 121 Å². The first-order valence-electron chi connectivity index (χ1n) is 6.89. The van der Waals surface area contributed by atoms with Gasteiger partial charge in [-0.15, -0.1) is 0 Å². The van der Waals surface area contributed by atoms with Crippen molar-refractivity contribution >= 4 is 27.4 Å². The van der Waals surface area contributed by atoms with Gasteiger partial charge in [0.2, 0.25) is 0 Å². The summed E-state index contributed by atoms with van der Waals surface area (Å²) in [4.78, 5) is 0. The Balaban J connectivity index is 1.68. The van der Waals surface area contributed by atoms with Gasteiger partial charge in [0.05, 0.1) is 0 Å². The molecular weight excluding hydrogens is 302 g/mol. The highest BCUT2D eigenvalue weighted by molar-refractivity contribution is 9.10. The zero-order valence-corrected chi connectivity index (χ0v) is 12.4. The molecule has 0 radical (unpaired) electrons. The van der Waals surface area contributed by atoms with Crippen molar-refractivity contribution in [1.29, 1.82) is 0 Å². The van der Waals surface area contributed by atoms with Gasteiger partial charge in [-0.25, -0.2) is 0 Å². The van der Waals surface area contributed by atoms with Gasteiger partial charge in [-0.3, -0.25) is 5.10 Å². The predicted molar refractivity (Wildman–Crippen MR) is 81.8 cm³/mol. The lowest BCUT2D eigenvalue weighted by atomic mass is 9.87. The second kappa shape index (κ2) is 5.78. The summed E-state index contributed by atoms with van der Waals surface area (Å²) in [7, 11) is 0. The predicted octanol–water partition coefficient (Wildman–Crippen LogP) is 4.96. The summed E-state index contributed by atoms with van der Waals surface area (Å²) in [6, 6.07) is 10.3. The SMILES string of the molecule is Brc1ccc(Nc2cc(C3CCCCC3)[nH]n2)cc1. The number of benzene rings is 1. The van der Waals surface area contributed by atoms with Gasteiger partial charge in [0.15, 0.2) is 5.82 Å². The lowest BCUT2D eigenvalue weighted by Gasteiger charge is -2.19. The Hall–Kier alpha value is -1.29. The van der Waals surface area contributed by atoms with Crippen LogP contribution in [0.25, 0.3) is 0 Å². The number of rotatable bonds is 3. The molecule has 1 fully saturated rings. The normalized spacial score (nSPS) is 16.5. The van der Waals surface area contributed by atoms with Crippen molar-refractivity contribution in [2.45, 2.75) is 38.0 Å². The molecule has 19 heavy (non-hydrogen) atoms. The third-order valence-corrected chi connectivity index (χ3v) is 4.29. The maximum Gasteiger partial charge on any atom is 0.152 e. The minimum Gasteiger partial charge on any atom is -0.339 e. The van der Waals surface area contributed by atoms with Gasteiger partial charge in [0.1, 0.15) is 0 Å². The van der Waals surface area contributed by atoms with Crippen LogP contribution in [-0.4, -0.2) is 10.2 Å². The van der Waals surface area contributed by atoms with Crippen molar-refractivity contribution in [3.8, 4) is 0 Å². The van der Waals surface area contributed by atoms with Gasteiger partial charge in [-0.2, -0.15) is 5.10 Å². The Morgan fingerprint density at radius 2 is 1.84 bits per heavy atom. The highest BCUT2D eigenvalue weighted by atomic mass is 79.9. The Morgan fingerprint density at radius 3 is 2.58 bits per heavy atom. The molecule has 100 valence electrons. The van der Waals surface area contributed by atoms with Crippen LogP contribution in [0.15, 0.2) is 34.8 Å². The first-order chi connectivity index (χ1) is 9.31. The fraction of sp³-hybridized carbons (Fsp3) is 0.400. The highest BCUT2D eigenvalue weighted by Crippen LogP contribution is 2.32. The average Bonchev–Trinajstić information content (AvgIpc) is 2.91. The van der Waals surface area contributed by atoms with Gasteiger partial charge >= 0.3 is 0 Å². The fourth-order valence-corrected chi connectivity index (χ4v) is 2.97. The van der Waals surface area contributed by atoms with Crippen LogP contribution < -0.4 is 5.32 Å². The van der Waals surface area contributed by atoms with E-state index in [0.29, 0.717) is 5.92 Å². The smallest absolute Gasteiger partial charge is 0.152 e. The lowest BCUT2D eigenvalue weighted by Crippen LogP contribution is -2.04. The molecule has 0 aliphatic heterocycles. The van der Waals surface area contributed by atoms with Crippen molar-refractivity contribution in [2.24, 2.45) is 0 Å². The number of anilines is 2. The quantitative estimate of drug-likeness (QED) is 0.839. The standard InChI is InChI=1S/C15H18BrN3/c16-12-6-8-13(9-7-12)17-15-10-14(18-19-15)11-4-2-1-3-5-11/h6-11H,1-5H2,(H2,17,18,19). The van der Waals surface area contributed by atoms with E-state index in [2.05, 4.69) is 37.5 Å². The molecule has 0 bridgehead atoms. The van der Waals surface area contributed by atoms with Crippen LogP contribution in [-0.2, 0) is 0 Å². The zero-order chi connectivity index (χ0) is 13.1. The van der Waals surface area contributed by atoms with Crippen molar-refractivity contribution in [3.63, 3.8) is 0 Å². The minimum absolute atomic E-state index is 0.668. The summed E-state index contributed by atoms with van der Waals surface area (Å²) < 4.78 is 1.09. The molecule has 3 nitrogen and oxygen atoms in total. The van der Waals surface area contributed by atoms with Gasteiger partial charge in [0, 0.05) is 27.8 Å². The summed E-state index contributed by atoms with van der Waals surface area (Å²) in [6.45, 7) is 0. The lowest BCUT2D eigenvalue weighted by molar-refractivity contribution is 0.436. The summed E-state index contributed by atoms with van der Waals surface area (Å²) in [5.41, 5.74) is 2.34. The fourth-order valence-electron chi connectivity index (χ4n) is 2.70. The van der Waals surface area contributed by atoms with Gasteiger partial charge in [0.25, 0.3) is 0 Å². The van der Waals surface area contributed by atoms with Crippen LogP contribution in [0.2, 0.25) is 0 Å². The minimum atomic E-state index is 0.668. The molecule has 1 aromatic heterocycles. The van der Waals surface area contributed by atoms with Gasteiger partial charge < -0.3 is 5.32 Å². The monoisotopic (exact) mass is 319 g/mol. The number of aromatic nitrogens is 2. The molecule has 0 unspecified atom stereocenters. The summed E-state index contributed by atoms with van der Waals surface area (Å²) in [5, 5.41) is 10.9. The first-order valence-corrected chi connectivity index (χ1v) is 7.68. The summed E-state index contributed by atoms with van der Waals surface area (Å²) in [6.07, 6.45) is 6.66. The third kappa shape index (κ3) is 3.18. The van der Waals surface area contributed by atoms with E-state index in [0.717, 1.165) is 16.0 Å². The first kappa shape index (κ1) is 12.7. The zero-order valence-electron chi connectivity index (χ0n) is 10.8. The Bertz CT molecular complexity index is 527. The van der Waals surface area contributed by atoms with Crippen molar-refractivity contribution in [2.75, 3.05) is 5.32 Å². The number of H-pyrrole nitrogens is 1. The summed E-state index contributed by atoms with van der Waals surface area (Å²) in [5.74, 6) is 1.57. The number of hydrogen-bond acceptors (Lipinski definition) is 2. The van der Waals surface area contributed by atoms with Crippen molar-refractivity contribution in [3.05, 3.63) is 40.5 Å². The molecule has 0 atom stereocenters. The number of nitrogens with zero attached hydrogens (tertiary/aromatic N) is 1. The molecule has 2 aromatic rings. The molecule has 0 spiro atoms. The van der Waals surface area contributed by atoms with E-state index in [4.69, 9.17) is 0 Å². The maximum absolute atomic E-state index is 4.36. The number of nitrogens with one attached hydrogen (secondary N) is 2. The second-order valence-electron chi connectivity index (χ2n) is 5.18. The Morgan fingerprint density at radius 1 is 1.11 bits per heavy atom. The number of aromatic amines is 1. The van der Waals surface area contributed by atoms with E-state index in [9.17, 15) is 0 Å². The molecule has 1 saturated carbocycles. The molecule has 1 heterocycles. The van der Waals surface area contributed by atoms with Crippen molar-refractivity contribution in [1.82, 2.24) is 10.2 Å². The highest BCUT2D eigenvalue weighted by Gasteiger charge is 2.17. The number of halogens is 1.